The van der Waals surface area contributed by atoms with E-state index in [0.717, 1.165) is 25.2 Å². The van der Waals surface area contributed by atoms with E-state index in [4.69, 9.17) is 0 Å². The first kappa shape index (κ1) is 13.2. The van der Waals surface area contributed by atoms with Crippen LogP contribution in [0.15, 0.2) is 18.2 Å². The molecule has 0 spiro atoms. The molecule has 96 valence electrons. The summed E-state index contributed by atoms with van der Waals surface area (Å²) in [6.45, 7) is 8.32. The van der Waals surface area contributed by atoms with Gasteiger partial charge in [-0.25, -0.2) is 0 Å². The molecule has 1 aromatic heterocycles. The summed E-state index contributed by atoms with van der Waals surface area (Å²) in [4.78, 5) is 1.21. The molecule has 2 aromatic rings. The predicted octanol–water partition coefficient (Wildman–Crippen LogP) is 3.32. The predicted molar refractivity (Wildman–Crippen MR) is 76.8 cm³/mol. The Hall–Kier alpha value is -1.26. The minimum Gasteiger partial charge on any atom is -0.312 e. The molecule has 0 fully saturated rings. The highest BCUT2D eigenvalue weighted by Gasteiger charge is 2.10. The van der Waals surface area contributed by atoms with Gasteiger partial charge in [-0.15, -0.1) is 5.10 Å². The Morgan fingerprint density at radius 1 is 1.22 bits per heavy atom. The normalized spacial score (nSPS) is 10.8. The second-order valence-corrected chi connectivity index (χ2v) is 5.36. The van der Waals surface area contributed by atoms with Gasteiger partial charge < -0.3 is 5.32 Å². The molecule has 1 aromatic carbocycles. The zero-order valence-corrected chi connectivity index (χ0v) is 12.0. The van der Waals surface area contributed by atoms with E-state index in [1.54, 1.807) is 0 Å². The van der Waals surface area contributed by atoms with Gasteiger partial charge in [-0.05, 0) is 55.5 Å². The molecule has 18 heavy (non-hydrogen) atoms. The lowest BCUT2D eigenvalue weighted by Crippen LogP contribution is -2.13. The highest BCUT2D eigenvalue weighted by Crippen LogP contribution is 2.25. The Balaban J connectivity index is 2.22. The summed E-state index contributed by atoms with van der Waals surface area (Å²) < 4.78 is 4.08. The average molecular weight is 261 g/mol. The SMILES string of the molecule is CCCNCc1snnc1-c1ccc(C)c(C)c1. The van der Waals surface area contributed by atoms with E-state index in [1.807, 2.05) is 0 Å². The van der Waals surface area contributed by atoms with Gasteiger partial charge in [0, 0.05) is 12.1 Å². The summed E-state index contributed by atoms with van der Waals surface area (Å²) in [5.41, 5.74) is 4.80. The molecule has 3 nitrogen and oxygen atoms in total. The molecule has 0 amide bonds. The molecule has 0 saturated carbocycles. The van der Waals surface area contributed by atoms with Crippen LogP contribution in [0.4, 0.5) is 0 Å². The lowest BCUT2D eigenvalue weighted by molar-refractivity contribution is 0.681. The van der Waals surface area contributed by atoms with E-state index in [9.17, 15) is 0 Å². The Morgan fingerprint density at radius 2 is 2.06 bits per heavy atom. The minimum atomic E-state index is 0.855. The van der Waals surface area contributed by atoms with Crippen molar-refractivity contribution in [2.45, 2.75) is 33.7 Å². The van der Waals surface area contributed by atoms with Crippen LogP contribution in [0.25, 0.3) is 11.3 Å². The van der Waals surface area contributed by atoms with Crippen molar-refractivity contribution in [3.8, 4) is 11.3 Å². The monoisotopic (exact) mass is 261 g/mol. The van der Waals surface area contributed by atoms with E-state index in [-0.39, 0.29) is 0 Å². The lowest BCUT2D eigenvalue weighted by Gasteiger charge is -2.05. The van der Waals surface area contributed by atoms with Crippen molar-refractivity contribution < 1.29 is 0 Å². The van der Waals surface area contributed by atoms with E-state index in [0.29, 0.717) is 0 Å². The Bertz CT molecular complexity index is 520. The lowest BCUT2D eigenvalue weighted by atomic mass is 10.0. The van der Waals surface area contributed by atoms with Crippen LogP contribution in [0.1, 0.15) is 29.3 Å². The van der Waals surface area contributed by atoms with Gasteiger partial charge in [-0.2, -0.15) is 0 Å². The molecular weight excluding hydrogens is 242 g/mol. The zero-order chi connectivity index (χ0) is 13.0. The number of hydrogen-bond donors (Lipinski definition) is 1. The molecule has 0 aliphatic heterocycles. The second kappa shape index (κ2) is 6.07. The van der Waals surface area contributed by atoms with Crippen LogP contribution in [0.5, 0.6) is 0 Å². The maximum atomic E-state index is 4.26. The van der Waals surface area contributed by atoms with Crippen LogP contribution < -0.4 is 5.32 Å². The molecule has 0 bridgehead atoms. The fraction of sp³-hybridized carbons (Fsp3) is 0.429. The summed E-state index contributed by atoms with van der Waals surface area (Å²) in [6.07, 6.45) is 1.14. The molecular formula is C14H19N3S. The second-order valence-electron chi connectivity index (χ2n) is 4.52. The molecule has 0 aliphatic rings. The molecule has 0 radical (unpaired) electrons. The van der Waals surface area contributed by atoms with Gasteiger partial charge in [0.1, 0.15) is 5.69 Å². The van der Waals surface area contributed by atoms with Crippen molar-refractivity contribution in [3.63, 3.8) is 0 Å². The summed E-state index contributed by atoms with van der Waals surface area (Å²) in [5, 5.41) is 7.67. The van der Waals surface area contributed by atoms with Crippen molar-refractivity contribution in [1.29, 1.82) is 0 Å². The average Bonchev–Trinajstić information content (AvgIpc) is 2.81. The third-order valence-electron chi connectivity index (χ3n) is 3.05. The fourth-order valence-corrected chi connectivity index (χ4v) is 2.44. The van der Waals surface area contributed by atoms with Gasteiger partial charge in [-0.1, -0.05) is 23.5 Å². The number of nitrogens with zero attached hydrogens (tertiary/aromatic N) is 2. The van der Waals surface area contributed by atoms with Crippen LogP contribution in [0, 0.1) is 13.8 Å². The number of nitrogens with one attached hydrogen (secondary N) is 1. The van der Waals surface area contributed by atoms with Crippen LogP contribution in [0.2, 0.25) is 0 Å². The molecule has 0 atom stereocenters. The summed E-state index contributed by atoms with van der Waals surface area (Å²) >= 11 is 1.48. The quantitative estimate of drug-likeness (QED) is 0.839. The largest absolute Gasteiger partial charge is 0.312 e. The van der Waals surface area contributed by atoms with Crippen molar-refractivity contribution in [2.24, 2.45) is 0 Å². The Kier molecular flexibility index (Phi) is 4.44. The van der Waals surface area contributed by atoms with Crippen molar-refractivity contribution in [1.82, 2.24) is 14.9 Å². The topological polar surface area (TPSA) is 37.8 Å². The van der Waals surface area contributed by atoms with Crippen LogP contribution in [-0.4, -0.2) is 16.1 Å². The molecule has 0 unspecified atom stereocenters. The Morgan fingerprint density at radius 3 is 2.78 bits per heavy atom. The van der Waals surface area contributed by atoms with E-state index in [1.165, 1.54) is 33.1 Å². The zero-order valence-electron chi connectivity index (χ0n) is 11.2. The van der Waals surface area contributed by atoms with Gasteiger partial charge >= 0.3 is 0 Å². The first-order valence-electron chi connectivity index (χ1n) is 6.32. The van der Waals surface area contributed by atoms with Gasteiger partial charge in [0.15, 0.2) is 0 Å². The van der Waals surface area contributed by atoms with Crippen molar-refractivity contribution in [3.05, 3.63) is 34.2 Å². The highest BCUT2D eigenvalue weighted by atomic mass is 32.1. The van der Waals surface area contributed by atoms with Gasteiger partial charge in [0.05, 0.1) is 4.88 Å². The summed E-state index contributed by atoms with van der Waals surface area (Å²) in [7, 11) is 0. The third-order valence-corrected chi connectivity index (χ3v) is 3.77. The molecule has 4 heteroatoms. The third kappa shape index (κ3) is 2.94. The molecule has 0 aliphatic carbocycles. The van der Waals surface area contributed by atoms with E-state index in [2.05, 4.69) is 53.9 Å². The maximum absolute atomic E-state index is 4.26. The van der Waals surface area contributed by atoms with Gasteiger partial charge in [0.2, 0.25) is 0 Å². The standard InChI is InChI=1S/C14H19N3S/c1-4-7-15-9-13-14(16-17-18-13)12-6-5-10(2)11(3)8-12/h5-6,8,15H,4,7,9H2,1-3H3. The van der Waals surface area contributed by atoms with Gasteiger partial charge in [0.25, 0.3) is 0 Å². The number of benzene rings is 1. The number of aromatic nitrogens is 2. The molecule has 2 rings (SSSR count). The van der Waals surface area contributed by atoms with Crippen molar-refractivity contribution >= 4 is 11.5 Å². The summed E-state index contributed by atoms with van der Waals surface area (Å²) in [6, 6.07) is 6.46. The van der Waals surface area contributed by atoms with Crippen LogP contribution in [-0.2, 0) is 6.54 Å². The fourth-order valence-electron chi connectivity index (χ4n) is 1.81. The van der Waals surface area contributed by atoms with Gasteiger partial charge in [-0.3, -0.25) is 0 Å². The van der Waals surface area contributed by atoms with E-state index >= 15 is 0 Å². The highest BCUT2D eigenvalue weighted by molar-refractivity contribution is 7.05. The maximum Gasteiger partial charge on any atom is 0.110 e. The first-order valence-corrected chi connectivity index (χ1v) is 7.09. The minimum absolute atomic E-state index is 0.855. The summed E-state index contributed by atoms with van der Waals surface area (Å²) in [5.74, 6) is 0. The molecule has 0 saturated heterocycles. The number of rotatable bonds is 5. The van der Waals surface area contributed by atoms with Crippen molar-refractivity contribution in [2.75, 3.05) is 6.54 Å². The van der Waals surface area contributed by atoms with Crippen LogP contribution >= 0.6 is 11.5 Å². The van der Waals surface area contributed by atoms with E-state index < -0.39 is 0 Å². The number of aryl methyl sites for hydroxylation is 2. The number of hydrogen-bond acceptors (Lipinski definition) is 4. The smallest absolute Gasteiger partial charge is 0.110 e. The van der Waals surface area contributed by atoms with Crippen LogP contribution in [0.3, 0.4) is 0 Å². The Labute approximate surface area is 112 Å². The molecule has 1 heterocycles. The first-order chi connectivity index (χ1) is 8.72. The molecule has 1 N–H and O–H groups in total.